The quantitative estimate of drug-likeness (QED) is 0.602. The largest absolute Gasteiger partial charge is 0.267 e. The first-order chi connectivity index (χ1) is 6.27. The first kappa shape index (κ1) is 8.79. The number of hydrogen-bond donors (Lipinski definition) is 0. The van der Waals surface area contributed by atoms with E-state index < -0.39 is 0 Å². The van der Waals surface area contributed by atoms with Crippen molar-refractivity contribution in [3.05, 3.63) is 11.8 Å². The summed E-state index contributed by atoms with van der Waals surface area (Å²) in [4.78, 5) is 0. The van der Waals surface area contributed by atoms with Gasteiger partial charge in [0.2, 0.25) is 0 Å². The number of hydrazone groups is 1. The Morgan fingerprint density at radius 2 is 2.00 bits per heavy atom. The zero-order chi connectivity index (χ0) is 9.26. The molecule has 1 fully saturated rings. The Balaban J connectivity index is 2.11. The zero-order valence-corrected chi connectivity index (χ0v) is 8.58. The topological polar surface area (TPSA) is 15.6 Å². The minimum Gasteiger partial charge on any atom is -0.267 e. The molecule has 0 aromatic heterocycles. The van der Waals surface area contributed by atoms with Gasteiger partial charge in [0.15, 0.2) is 0 Å². The molecule has 0 bridgehead atoms. The van der Waals surface area contributed by atoms with Gasteiger partial charge >= 0.3 is 0 Å². The summed E-state index contributed by atoms with van der Waals surface area (Å²) in [5.41, 5.74) is 2.59. The van der Waals surface area contributed by atoms with E-state index in [0.717, 1.165) is 6.42 Å². The third kappa shape index (κ3) is 1.77. The maximum atomic E-state index is 4.63. The number of rotatable bonds is 1. The van der Waals surface area contributed by atoms with Crippen LogP contribution in [-0.2, 0) is 0 Å². The van der Waals surface area contributed by atoms with Gasteiger partial charge in [-0.05, 0) is 26.7 Å². The van der Waals surface area contributed by atoms with Crippen LogP contribution in [0, 0.1) is 0 Å². The molecule has 1 aliphatic carbocycles. The van der Waals surface area contributed by atoms with Crippen molar-refractivity contribution in [3.8, 4) is 0 Å². The predicted octanol–water partition coefficient (Wildman–Crippen LogP) is 2.91. The van der Waals surface area contributed by atoms with Crippen LogP contribution in [0.1, 0.15) is 46.0 Å². The van der Waals surface area contributed by atoms with Gasteiger partial charge in [0, 0.05) is 17.8 Å². The molecule has 0 radical (unpaired) electrons. The molecule has 0 N–H and O–H groups in total. The highest BCUT2D eigenvalue weighted by atomic mass is 15.5. The summed E-state index contributed by atoms with van der Waals surface area (Å²) < 4.78 is 0. The molecule has 0 aromatic carbocycles. The highest BCUT2D eigenvalue weighted by molar-refractivity contribution is 5.83. The smallest absolute Gasteiger partial charge is 0.0522 e. The molecule has 0 amide bonds. The lowest BCUT2D eigenvalue weighted by atomic mass is 10.2. The molecular weight excluding hydrogens is 160 g/mol. The lowest BCUT2D eigenvalue weighted by molar-refractivity contribution is 0.263. The number of nitrogens with zero attached hydrogens (tertiary/aromatic N) is 2. The van der Waals surface area contributed by atoms with Crippen LogP contribution in [0.25, 0.3) is 0 Å². The highest BCUT2D eigenvalue weighted by Gasteiger charge is 2.23. The average molecular weight is 178 g/mol. The Morgan fingerprint density at radius 3 is 2.69 bits per heavy atom. The normalized spacial score (nSPS) is 24.6. The summed E-state index contributed by atoms with van der Waals surface area (Å²) in [6.07, 6.45) is 8.73. The summed E-state index contributed by atoms with van der Waals surface area (Å²) in [5, 5.41) is 6.87. The second-order valence-corrected chi connectivity index (χ2v) is 4.17. The number of allylic oxidation sites excluding steroid dienone is 2. The van der Waals surface area contributed by atoms with Crippen molar-refractivity contribution >= 4 is 5.71 Å². The van der Waals surface area contributed by atoms with E-state index in [1.54, 1.807) is 0 Å². The Hall–Kier alpha value is -0.790. The Labute approximate surface area is 80.3 Å². The summed E-state index contributed by atoms with van der Waals surface area (Å²) in [7, 11) is 0. The van der Waals surface area contributed by atoms with Gasteiger partial charge in [0.1, 0.15) is 0 Å². The van der Waals surface area contributed by atoms with Crippen molar-refractivity contribution in [2.75, 3.05) is 0 Å². The molecule has 2 aliphatic rings. The van der Waals surface area contributed by atoms with Crippen molar-refractivity contribution in [1.82, 2.24) is 5.01 Å². The summed E-state index contributed by atoms with van der Waals surface area (Å²) in [5.74, 6) is 0. The monoisotopic (exact) mass is 178 g/mol. The average Bonchev–Trinajstić information content (AvgIpc) is 2.61. The molecule has 1 heterocycles. The SMILES string of the molecule is CC1=CCC(C)=NN1C1CCCC1. The first-order valence-electron chi connectivity index (χ1n) is 5.27. The molecule has 0 spiro atoms. The molecule has 0 unspecified atom stereocenters. The van der Waals surface area contributed by atoms with Crippen LogP contribution in [0.2, 0.25) is 0 Å². The van der Waals surface area contributed by atoms with Gasteiger partial charge in [-0.2, -0.15) is 5.10 Å². The maximum absolute atomic E-state index is 4.63. The summed E-state index contributed by atoms with van der Waals surface area (Å²) in [6, 6.07) is 0.687. The minimum absolute atomic E-state index is 0.687. The van der Waals surface area contributed by atoms with E-state index in [4.69, 9.17) is 0 Å². The lowest BCUT2D eigenvalue weighted by Gasteiger charge is -2.29. The van der Waals surface area contributed by atoms with E-state index >= 15 is 0 Å². The van der Waals surface area contributed by atoms with Gasteiger partial charge < -0.3 is 0 Å². The molecule has 0 saturated heterocycles. The molecule has 0 atom stereocenters. The van der Waals surface area contributed by atoms with Gasteiger partial charge in [-0.15, -0.1) is 0 Å². The van der Waals surface area contributed by atoms with Crippen LogP contribution in [-0.4, -0.2) is 16.8 Å². The molecule has 2 rings (SSSR count). The molecule has 2 heteroatoms. The van der Waals surface area contributed by atoms with Crippen molar-refractivity contribution in [1.29, 1.82) is 0 Å². The third-order valence-electron chi connectivity index (χ3n) is 3.00. The molecule has 1 saturated carbocycles. The van der Waals surface area contributed by atoms with E-state index in [1.165, 1.54) is 37.1 Å². The molecule has 2 nitrogen and oxygen atoms in total. The summed E-state index contributed by atoms with van der Waals surface area (Å²) >= 11 is 0. The van der Waals surface area contributed by atoms with E-state index in [1.807, 2.05) is 0 Å². The van der Waals surface area contributed by atoms with Crippen LogP contribution in [0.5, 0.6) is 0 Å². The van der Waals surface area contributed by atoms with E-state index in [-0.39, 0.29) is 0 Å². The third-order valence-corrected chi connectivity index (χ3v) is 3.00. The van der Waals surface area contributed by atoms with E-state index in [9.17, 15) is 0 Å². The van der Waals surface area contributed by atoms with Crippen LogP contribution in [0.15, 0.2) is 16.9 Å². The lowest BCUT2D eigenvalue weighted by Crippen LogP contribution is -2.29. The first-order valence-corrected chi connectivity index (χ1v) is 5.27. The van der Waals surface area contributed by atoms with Crippen LogP contribution >= 0.6 is 0 Å². The molecule has 0 aromatic rings. The molecule has 72 valence electrons. The van der Waals surface area contributed by atoms with Crippen LogP contribution in [0.4, 0.5) is 0 Å². The maximum Gasteiger partial charge on any atom is 0.0522 e. The van der Waals surface area contributed by atoms with Crippen LogP contribution in [0.3, 0.4) is 0 Å². The van der Waals surface area contributed by atoms with Gasteiger partial charge in [-0.25, -0.2) is 0 Å². The van der Waals surface area contributed by atoms with Gasteiger partial charge in [-0.3, -0.25) is 5.01 Å². The van der Waals surface area contributed by atoms with Crippen molar-refractivity contribution < 1.29 is 0 Å². The van der Waals surface area contributed by atoms with Gasteiger partial charge in [-0.1, -0.05) is 18.9 Å². The zero-order valence-electron chi connectivity index (χ0n) is 8.58. The van der Waals surface area contributed by atoms with Gasteiger partial charge in [0.05, 0.1) is 6.04 Å². The fraction of sp³-hybridized carbons (Fsp3) is 0.727. The molecule has 13 heavy (non-hydrogen) atoms. The number of hydrogen-bond acceptors (Lipinski definition) is 2. The fourth-order valence-electron chi connectivity index (χ4n) is 2.21. The van der Waals surface area contributed by atoms with Gasteiger partial charge in [0.25, 0.3) is 0 Å². The second-order valence-electron chi connectivity index (χ2n) is 4.17. The van der Waals surface area contributed by atoms with Crippen molar-refractivity contribution in [2.24, 2.45) is 5.10 Å². The van der Waals surface area contributed by atoms with Crippen LogP contribution < -0.4 is 0 Å². The Morgan fingerprint density at radius 1 is 1.31 bits per heavy atom. The predicted molar refractivity (Wildman–Crippen MR) is 55.6 cm³/mol. The summed E-state index contributed by atoms with van der Waals surface area (Å²) in [6.45, 7) is 4.29. The highest BCUT2D eigenvalue weighted by Crippen LogP contribution is 2.28. The standard InChI is InChI=1S/C11H18N2/c1-9-7-8-10(2)13(12-9)11-5-3-4-6-11/h8,11H,3-7H2,1-2H3. The fourth-order valence-corrected chi connectivity index (χ4v) is 2.21. The molecular formula is C11H18N2. The van der Waals surface area contributed by atoms with E-state index in [2.05, 4.69) is 30.0 Å². The van der Waals surface area contributed by atoms with E-state index in [0.29, 0.717) is 6.04 Å². The molecule has 1 aliphatic heterocycles. The minimum atomic E-state index is 0.687. The second kappa shape index (κ2) is 3.52. The van der Waals surface area contributed by atoms with Crippen molar-refractivity contribution in [3.63, 3.8) is 0 Å². The Bertz CT molecular complexity index is 247. The van der Waals surface area contributed by atoms with Crippen molar-refractivity contribution in [2.45, 2.75) is 52.0 Å². The Kier molecular flexibility index (Phi) is 2.38.